The van der Waals surface area contributed by atoms with E-state index in [1.165, 1.54) is 28.7 Å². The van der Waals surface area contributed by atoms with Gasteiger partial charge in [0.1, 0.15) is 6.61 Å². The monoisotopic (exact) mass is 386 g/mol. The molecule has 0 saturated heterocycles. The first-order chi connectivity index (χ1) is 12.8. The molecule has 0 radical (unpaired) electrons. The van der Waals surface area contributed by atoms with E-state index in [-0.39, 0.29) is 23.2 Å². The van der Waals surface area contributed by atoms with E-state index in [4.69, 9.17) is 4.74 Å². The Balaban J connectivity index is 2.74. The third kappa shape index (κ3) is 7.91. The summed E-state index contributed by atoms with van der Waals surface area (Å²) in [4.78, 5) is 12.8. The molecule has 0 aliphatic heterocycles. The Hall–Kier alpha value is -1.41. The Kier molecular flexibility index (Phi) is 9.14. The zero-order valence-corrected chi connectivity index (χ0v) is 19.8. The van der Waals surface area contributed by atoms with Crippen LogP contribution in [0.25, 0.3) is 0 Å². The predicted octanol–water partition coefficient (Wildman–Crippen LogP) is 7.32. The second-order valence-electron chi connectivity index (χ2n) is 10.3. The van der Waals surface area contributed by atoms with E-state index in [1.54, 1.807) is 0 Å². The van der Waals surface area contributed by atoms with Crippen LogP contribution in [0, 0.1) is 6.92 Å². The number of carbonyl (C=O) groups is 1. The van der Waals surface area contributed by atoms with Gasteiger partial charge in [0.15, 0.2) is 5.78 Å². The molecule has 0 bridgehead atoms. The fraction of sp³-hybridized carbons (Fsp3) is 0.654. The highest BCUT2D eigenvalue weighted by atomic mass is 16.5. The van der Waals surface area contributed by atoms with Gasteiger partial charge in [0.25, 0.3) is 0 Å². The van der Waals surface area contributed by atoms with E-state index >= 15 is 0 Å². The SMILES string of the molecule is CC(C)=CCCCCCOCC(=O)c1cc(C(C)(C)C)c(C)c(C(C)(C)C)c1. The average molecular weight is 387 g/mol. The molecule has 0 amide bonds. The first-order valence-corrected chi connectivity index (χ1v) is 10.7. The number of unbranched alkanes of at least 4 members (excludes halogenated alkanes) is 3. The third-order valence-electron chi connectivity index (χ3n) is 5.12. The van der Waals surface area contributed by atoms with Gasteiger partial charge >= 0.3 is 0 Å². The van der Waals surface area contributed by atoms with Crippen LogP contribution in [0.5, 0.6) is 0 Å². The molecule has 2 nitrogen and oxygen atoms in total. The Bertz CT molecular complexity index is 642. The largest absolute Gasteiger partial charge is 0.373 e. The molecule has 1 aromatic rings. The number of ketones is 1. The van der Waals surface area contributed by atoms with Crippen molar-refractivity contribution >= 4 is 5.78 Å². The standard InChI is InChI=1S/C26H42O2/c1-19(2)14-12-10-11-13-15-28-18-24(27)21-16-22(25(4,5)6)20(3)23(17-21)26(7,8)9/h14,16-17H,10-13,15,18H2,1-9H3. The highest BCUT2D eigenvalue weighted by molar-refractivity contribution is 5.97. The van der Waals surface area contributed by atoms with Crippen molar-refractivity contribution in [2.45, 2.75) is 98.8 Å². The molecule has 0 fully saturated rings. The van der Waals surface area contributed by atoms with Crippen molar-refractivity contribution in [2.24, 2.45) is 0 Å². The van der Waals surface area contributed by atoms with E-state index in [2.05, 4.69) is 80.5 Å². The number of Topliss-reactive ketones (excluding diaryl/α,β-unsaturated/α-hetero) is 1. The summed E-state index contributed by atoms with van der Waals surface area (Å²) < 4.78 is 5.69. The first kappa shape index (κ1) is 24.6. The van der Waals surface area contributed by atoms with E-state index in [0.29, 0.717) is 6.61 Å². The lowest BCUT2D eigenvalue weighted by Crippen LogP contribution is -2.22. The minimum Gasteiger partial charge on any atom is -0.373 e. The Morgan fingerprint density at radius 3 is 1.93 bits per heavy atom. The van der Waals surface area contributed by atoms with Crippen molar-refractivity contribution in [1.29, 1.82) is 0 Å². The van der Waals surface area contributed by atoms with Crippen molar-refractivity contribution in [2.75, 3.05) is 13.2 Å². The van der Waals surface area contributed by atoms with E-state index in [9.17, 15) is 4.79 Å². The molecule has 0 saturated carbocycles. The fourth-order valence-electron chi connectivity index (χ4n) is 3.60. The summed E-state index contributed by atoms with van der Waals surface area (Å²) in [6, 6.07) is 4.16. The number of allylic oxidation sites excluding steroid dienone is 2. The number of rotatable bonds is 9. The predicted molar refractivity (Wildman–Crippen MR) is 122 cm³/mol. The highest BCUT2D eigenvalue weighted by Crippen LogP contribution is 2.34. The van der Waals surface area contributed by atoms with Crippen molar-refractivity contribution in [1.82, 2.24) is 0 Å². The normalized spacial score (nSPS) is 12.2. The minimum atomic E-state index is 0.00647. The van der Waals surface area contributed by atoms with Gasteiger partial charge in [0, 0.05) is 12.2 Å². The summed E-state index contributed by atoms with van der Waals surface area (Å²) in [5.41, 5.74) is 5.98. The molecule has 0 spiro atoms. The average Bonchev–Trinajstić information content (AvgIpc) is 2.54. The van der Waals surface area contributed by atoms with Crippen molar-refractivity contribution < 1.29 is 9.53 Å². The molecule has 2 heteroatoms. The molecule has 28 heavy (non-hydrogen) atoms. The van der Waals surface area contributed by atoms with Crippen molar-refractivity contribution in [3.05, 3.63) is 46.0 Å². The molecule has 1 aromatic carbocycles. The van der Waals surface area contributed by atoms with E-state index in [1.807, 2.05) is 0 Å². The van der Waals surface area contributed by atoms with Gasteiger partial charge in [-0.25, -0.2) is 0 Å². The van der Waals surface area contributed by atoms with Crippen molar-refractivity contribution in [3.8, 4) is 0 Å². The van der Waals surface area contributed by atoms with Gasteiger partial charge in [-0.05, 0) is 79.7 Å². The van der Waals surface area contributed by atoms with Gasteiger partial charge in [-0.3, -0.25) is 4.79 Å². The fourth-order valence-corrected chi connectivity index (χ4v) is 3.60. The number of hydrogen-bond donors (Lipinski definition) is 0. The minimum absolute atomic E-state index is 0.00647. The second kappa shape index (κ2) is 10.4. The maximum atomic E-state index is 12.8. The van der Waals surface area contributed by atoms with E-state index < -0.39 is 0 Å². The third-order valence-corrected chi connectivity index (χ3v) is 5.12. The molecule has 0 aliphatic rings. The summed E-state index contributed by atoms with van der Waals surface area (Å²) >= 11 is 0. The number of ether oxygens (including phenoxy) is 1. The molecule has 0 aliphatic carbocycles. The maximum Gasteiger partial charge on any atom is 0.188 e. The molecule has 158 valence electrons. The maximum absolute atomic E-state index is 12.8. The Morgan fingerprint density at radius 2 is 1.46 bits per heavy atom. The molecule has 0 aromatic heterocycles. The Labute approximate surface area is 173 Å². The van der Waals surface area contributed by atoms with Crippen LogP contribution < -0.4 is 0 Å². The van der Waals surface area contributed by atoms with Gasteiger partial charge in [-0.15, -0.1) is 0 Å². The van der Waals surface area contributed by atoms with Gasteiger partial charge in [0.05, 0.1) is 0 Å². The highest BCUT2D eigenvalue weighted by Gasteiger charge is 2.25. The van der Waals surface area contributed by atoms with Crippen LogP contribution in [0.15, 0.2) is 23.8 Å². The van der Waals surface area contributed by atoms with Crippen LogP contribution in [0.4, 0.5) is 0 Å². The van der Waals surface area contributed by atoms with E-state index in [0.717, 1.165) is 24.8 Å². The number of carbonyl (C=O) groups excluding carboxylic acids is 1. The van der Waals surface area contributed by atoms with Crippen LogP contribution in [0.3, 0.4) is 0 Å². The summed E-state index contributed by atoms with van der Waals surface area (Å²) in [6.45, 7) is 20.5. The molecule has 0 unspecified atom stereocenters. The quantitative estimate of drug-likeness (QED) is 0.252. The van der Waals surface area contributed by atoms with Crippen LogP contribution in [-0.4, -0.2) is 19.0 Å². The molecular formula is C26H42O2. The van der Waals surface area contributed by atoms with Crippen LogP contribution in [0.1, 0.15) is 108 Å². The zero-order chi connectivity index (χ0) is 21.5. The summed E-state index contributed by atoms with van der Waals surface area (Å²) in [5, 5.41) is 0. The van der Waals surface area contributed by atoms with Crippen molar-refractivity contribution in [3.63, 3.8) is 0 Å². The summed E-state index contributed by atoms with van der Waals surface area (Å²) in [7, 11) is 0. The van der Waals surface area contributed by atoms with Gasteiger partial charge < -0.3 is 4.74 Å². The molecular weight excluding hydrogens is 344 g/mol. The molecule has 0 atom stereocenters. The van der Waals surface area contributed by atoms with Crippen LogP contribution >= 0.6 is 0 Å². The van der Waals surface area contributed by atoms with Gasteiger partial charge in [-0.2, -0.15) is 0 Å². The lowest BCUT2D eigenvalue weighted by atomic mass is 9.75. The molecule has 1 rings (SSSR count). The first-order valence-electron chi connectivity index (χ1n) is 10.7. The topological polar surface area (TPSA) is 26.3 Å². The van der Waals surface area contributed by atoms with Gasteiger partial charge in [0.2, 0.25) is 0 Å². The van der Waals surface area contributed by atoms with Crippen LogP contribution in [0.2, 0.25) is 0 Å². The zero-order valence-electron chi connectivity index (χ0n) is 19.8. The summed E-state index contributed by atoms with van der Waals surface area (Å²) in [5.74, 6) is 0.0838. The molecule has 0 N–H and O–H groups in total. The molecule has 0 heterocycles. The lowest BCUT2D eigenvalue weighted by molar-refractivity contribution is 0.0752. The van der Waals surface area contributed by atoms with Gasteiger partial charge in [-0.1, -0.05) is 59.6 Å². The summed E-state index contributed by atoms with van der Waals surface area (Å²) in [6.07, 6.45) is 6.75. The number of benzene rings is 1. The smallest absolute Gasteiger partial charge is 0.188 e. The van der Waals surface area contributed by atoms with Crippen LogP contribution in [-0.2, 0) is 15.6 Å². The number of hydrogen-bond acceptors (Lipinski definition) is 2. The Morgan fingerprint density at radius 1 is 0.929 bits per heavy atom. The second-order valence-corrected chi connectivity index (χ2v) is 10.3. The lowest BCUT2D eigenvalue weighted by Gasteiger charge is -2.29.